The third-order valence-corrected chi connectivity index (χ3v) is 19.7. The standard InChI is InChI=1S/C23H28ClN3O4S2.C21H22Cl3N3O2S2/c1-23(24)7-5-4-6-21(23)33(28,29)27-10-8-26(9-11-27)22-25-18(16-32-22)12-17-13-19(30-2)15-20(14-17)31-3;1-21(24)7-3-2-4-19(21)31(28,29)27-10-8-26(9-11-27)20-25-16(14-30-20)12-15-5-6-17(22)18(23)13-15/h4-7,13-16,21H,8-12H2,1-3H3;2-7,13-14,19H,8-12H2,1H3. The maximum absolute atomic E-state index is 13.2. The second-order valence-corrected chi connectivity index (χ2v) is 24.3. The maximum atomic E-state index is 13.2. The van der Waals surface area contributed by atoms with E-state index in [1.807, 2.05) is 41.1 Å². The monoisotopic (exact) mass is 1030 g/mol. The van der Waals surface area contributed by atoms with E-state index in [1.165, 1.54) is 0 Å². The Hall–Kier alpha value is -3.16. The number of ether oxygens (including phenoxy) is 2. The highest BCUT2D eigenvalue weighted by Gasteiger charge is 2.44. The number of thiazole rings is 2. The summed E-state index contributed by atoms with van der Waals surface area (Å²) >= 11 is 28.2. The SMILES string of the molecule is CC1(Cl)C=CC=CC1S(=O)(=O)N1CCN(c2nc(Cc3ccc(Cl)c(Cl)c3)cs2)CC1.COc1cc(Cc2csc(N3CCN(S(=O)(=O)C4C=CC=CC4(C)Cl)CC3)n2)cc(OC)c1. The van der Waals surface area contributed by atoms with Crippen LogP contribution >= 0.6 is 69.1 Å². The van der Waals surface area contributed by atoms with Gasteiger partial charge >= 0.3 is 0 Å². The molecule has 2 saturated heterocycles. The Morgan fingerprint density at radius 2 is 1.06 bits per heavy atom. The van der Waals surface area contributed by atoms with Crippen LogP contribution in [0.3, 0.4) is 0 Å². The third-order valence-electron chi connectivity index (χ3n) is 11.4. The van der Waals surface area contributed by atoms with Gasteiger partial charge in [0, 0.05) is 82.0 Å². The molecule has 2 fully saturated rings. The molecule has 0 N–H and O–H groups in total. The van der Waals surface area contributed by atoms with Crippen LogP contribution in [-0.2, 0) is 32.9 Å². The van der Waals surface area contributed by atoms with Gasteiger partial charge in [0.15, 0.2) is 10.3 Å². The molecule has 12 nitrogen and oxygen atoms in total. The van der Waals surface area contributed by atoms with Crippen molar-refractivity contribution in [2.24, 2.45) is 0 Å². The number of benzene rings is 2. The Kier molecular flexibility index (Phi) is 15.5. The number of alkyl halides is 2. The predicted octanol–water partition coefficient (Wildman–Crippen LogP) is 8.68. The molecule has 4 unspecified atom stereocenters. The summed E-state index contributed by atoms with van der Waals surface area (Å²) in [5.41, 5.74) is 4.00. The zero-order valence-electron chi connectivity index (χ0n) is 35.7. The Morgan fingerprint density at radius 3 is 1.47 bits per heavy atom. The topological polar surface area (TPSA) is 125 Å². The first kappa shape index (κ1) is 48.8. The molecular formula is C44H50Cl4N6O6S4. The van der Waals surface area contributed by atoms with Gasteiger partial charge in [0.25, 0.3) is 0 Å². The molecule has 2 aromatic heterocycles. The molecule has 0 saturated carbocycles. The molecule has 2 aliphatic carbocycles. The second-order valence-electron chi connectivity index (χ2n) is 16.1. The van der Waals surface area contributed by atoms with E-state index >= 15 is 0 Å². The van der Waals surface area contributed by atoms with Crippen molar-refractivity contribution < 1.29 is 26.3 Å². The highest BCUT2D eigenvalue weighted by atomic mass is 35.5. The van der Waals surface area contributed by atoms with Crippen LogP contribution in [0.1, 0.15) is 36.4 Å². The van der Waals surface area contributed by atoms with Crippen molar-refractivity contribution in [1.82, 2.24) is 18.6 Å². The van der Waals surface area contributed by atoms with Gasteiger partial charge in [-0.25, -0.2) is 26.8 Å². The smallest absolute Gasteiger partial charge is 0.222 e. The summed E-state index contributed by atoms with van der Waals surface area (Å²) in [6.45, 7) is 7.45. The van der Waals surface area contributed by atoms with Crippen molar-refractivity contribution in [2.75, 3.05) is 76.4 Å². The molecule has 4 heterocycles. The maximum Gasteiger partial charge on any atom is 0.222 e. The van der Waals surface area contributed by atoms with Gasteiger partial charge in [-0.3, -0.25) is 0 Å². The quantitative estimate of drug-likeness (QED) is 0.127. The van der Waals surface area contributed by atoms with Crippen LogP contribution in [-0.4, -0.2) is 122 Å². The Balaban J connectivity index is 0.000000192. The van der Waals surface area contributed by atoms with E-state index in [2.05, 4.69) is 9.80 Å². The molecule has 344 valence electrons. The number of anilines is 2. The van der Waals surface area contributed by atoms with Crippen molar-refractivity contribution in [3.63, 3.8) is 0 Å². The number of sulfonamides is 2. The van der Waals surface area contributed by atoms with Gasteiger partial charge in [-0.05, 0) is 49.2 Å². The molecule has 0 spiro atoms. The average molecular weight is 1030 g/mol. The molecule has 4 atom stereocenters. The van der Waals surface area contributed by atoms with E-state index in [0.29, 0.717) is 75.2 Å². The number of nitrogens with zero attached hydrogens (tertiary/aromatic N) is 6. The van der Waals surface area contributed by atoms with E-state index in [4.69, 9.17) is 65.8 Å². The minimum absolute atomic E-state index is 0.408. The summed E-state index contributed by atoms with van der Waals surface area (Å²) in [6.07, 6.45) is 15.2. The van der Waals surface area contributed by atoms with Crippen molar-refractivity contribution in [3.8, 4) is 11.5 Å². The molecule has 8 rings (SSSR count). The normalized spacial score (nSPS) is 24.1. The Morgan fingerprint density at radius 1 is 0.625 bits per heavy atom. The van der Waals surface area contributed by atoms with Gasteiger partial charge in [0.1, 0.15) is 22.0 Å². The molecule has 2 aromatic carbocycles. The average Bonchev–Trinajstić information content (AvgIpc) is 3.95. The van der Waals surface area contributed by atoms with Crippen LogP contribution < -0.4 is 19.3 Å². The number of rotatable bonds is 12. The van der Waals surface area contributed by atoms with Gasteiger partial charge < -0.3 is 19.3 Å². The first-order chi connectivity index (χ1) is 30.4. The molecular weight excluding hydrogens is 979 g/mol. The van der Waals surface area contributed by atoms with Crippen molar-refractivity contribution in [1.29, 1.82) is 0 Å². The summed E-state index contributed by atoms with van der Waals surface area (Å²) in [5, 5.41) is 5.40. The van der Waals surface area contributed by atoms with E-state index in [9.17, 15) is 16.8 Å². The van der Waals surface area contributed by atoms with E-state index in [0.717, 1.165) is 44.3 Å². The van der Waals surface area contributed by atoms with Crippen molar-refractivity contribution >= 4 is 99.4 Å². The fourth-order valence-electron chi connectivity index (χ4n) is 7.84. The van der Waals surface area contributed by atoms with Crippen LogP contribution in [0.15, 0.2) is 95.8 Å². The summed E-state index contributed by atoms with van der Waals surface area (Å²) < 4.78 is 66.6. The van der Waals surface area contributed by atoms with Gasteiger partial charge in [0.05, 0.1) is 45.4 Å². The Bertz CT molecular complexity index is 2610. The lowest BCUT2D eigenvalue weighted by atomic mass is 10.0. The van der Waals surface area contributed by atoms with Crippen LogP contribution in [0, 0.1) is 0 Å². The van der Waals surface area contributed by atoms with E-state index < -0.39 is 40.3 Å². The number of allylic oxidation sites excluding steroid dienone is 6. The molecule has 20 heteroatoms. The second kappa shape index (κ2) is 20.4. The molecule has 2 aliphatic heterocycles. The van der Waals surface area contributed by atoms with Crippen molar-refractivity contribution in [3.05, 3.63) is 128 Å². The lowest BCUT2D eigenvalue weighted by Gasteiger charge is -2.38. The minimum Gasteiger partial charge on any atom is -0.497 e. The first-order valence-corrected chi connectivity index (χ1v) is 26.8. The highest BCUT2D eigenvalue weighted by Crippen LogP contribution is 2.35. The summed E-state index contributed by atoms with van der Waals surface area (Å²) in [6, 6.07) is 11.4. The van der Waals surface area contributed by atoms with Gasteiger partial charge in [-0.15, -0.1) is 45.9 Å². The van der Waals surface area contributed by atoms with Gasteiger partial charge in [-0.1, -0.05) is 77.9 Å². The third kappa shape index (κ3) is 11.3. The predicted molar refractivity (Wildman–Crippen MR) is 264 cm³/mol. The Labute approximate surface area is 404 Å². The number of aromatic nitrogens is 2. The fourth-order valence-corrected chi connectivity index (χ4v) is 14.8. The van der Waals surface area contributed by atoms with E-state index in [1.54, 1.807) is 114 Å². The number of piperazine rings is 2. The highest BCUT2D eigenvalue weighted by molar-refractivity contribution is 7.90. The zero-order valence-corrected chi connectivity index (χ0v) is 42.0. The van der Waals surface area contributed by atoms with Crippen LogP contribution in [0.25, 0.3) is 0 Å². The number of methoxy groups -OCH3 is 2. The first-order valence-electron chi connectivity index (χ1n) is 20.5. The fraction of sp³-hybridized carbons (Fsp3) is 0.409. The molecule has 0 bridgehead atoms. The largest absolute Gasteiger partial charge is 0.497 e. The van der Waals surface area contributed by atoms with Crippen LogP contribution in [0.5, 0.6) is 11.5 Å². The van der Waals surface area contributed by atoms with Gasteiger partial charge in [-0.2, -0.15) is 8.61 Å². The van der Waals surface area contributed by atoms with Crippen molar-refractivity contribution in [2.45, 2.75) is 46.9 Å². The number of hydrogen-bond donors (Lipinski definition) is 0. The molecule has 64 heavy (non-hydrogen) atoms. The van der Waals surface area contributed by atoms with E-state index in [-0.39, 0.29) is 0 Å². The molecule has 4 aromatic rings. The summed E-state index contributed by atoms with van der Waals surface area (Å²) in [7, 11) is -3.83. The molecule has 0 amide bonds. The minimum atomic E-state index is -3.55. The zero-order chi connectivity index (χ0) is 45.9. The lowest BCUT2D eigenvalue weighted by Crippen LogP contribution is -2.54. The van der Waals surface area contributed by atoms with Crippen LogP contribution in [0.2, 0.25) is 10.0 Å². The molecule has 4 aliphatic rings. The van der Waals surface area contributed by atoms with Gasteiger partial charge in [0.2, 0.25) is 20.0 Å². The summed E-state index contributed by atoms with van der Waals surface area (Å²) in [5.74, 6) is 1.49. The number of halogens is 4. The number of hydrogen-bond acceptors (Lipinski definition) is 12. The molecule has 0 radical (unpaired) electrons. The summed E-state index contributed by atoms with van der Waals surface area (Å²) in [4.78, 5) is 11.9. The lowest BCUT2D eigenvalue weighted by molar-refractivity contribution is 0.378. The van der Waals surface area contributed by atoms with Crippen LogP contribution in [0.4, 0.5) is 10.3 Å².